The molecule has 0 spiro atoms. The van der Waals surface area contributed by atoms with Crippen molar-refractivity contribution in [3.63, 3.8) is 0 Å². The normalized spacial score (nSPS) is 18.7. The lowest BCUT2D eigenvalue weighted by Crippen LogP contribution is -2.43. The molecule has 0 radical (unpaired) electrons. The van der Waals surface area contributed by atoms with Gasteiger partial charge >= 0.3 is 0 Å². The van der Waals surface area contributed by atoms with E-state index in [9.17, 15) is 23.2 Å². The summed E-state index contributed by atoms with van der Waals surface area (Å²) in [5.41, 5.74) is 0.367. The number of para-hydroxylation sites is 1. The molecule has 1 saturated heterocycles. The van der Waals surface area contributed by atoms with Gasteiger partial charge in [-0.1, -0.05) is 23.4 Å². The van der Waals surface area contributed by atoms with Gasteiger partial charge in [-0.3, -0.25) is 19.4 Å². The van der Waals surface area contributed by atoms with Crippen LogP contribution in [0.1, 0.15) is 0 Å². The fourth-order valence-electron chi connectivity index (χ4n) is 3.81. The molecule has 1 N–H and O–H groups in total. The summed E-state index contributed by atoms with van der Waals surface area (Å²) in [6.45, 7) is -0.350. The molecule has 2 heterocycles. The second-order valence-electron chi connectivity index (χ2n) is 7.79. The number of ether oxygens (including phenoxy) is 1. The van der Waals surface area contributed by atoms with E-state index in [1.54, 1.807) is 24.3 Å². The molecular weight excluding hydrogens is 460 g/mol. The molecule has 2 aliphatic heterocycles. The van der Waals surface area contributed by atoms with Crippen LogP contribution >= 0.6 is 0 Å². The van der Waals surface area contributed by atoms with Crippen molar-refractivity contribution in [1.29, 1.82) is 0 Å². The zero-order valence-electron chi connectivity index (χ0n) is 18.0. The average molecular weight is 477 g/mol. The summed E-state index contributed by atoms with van der Waals surface area (Å²) in [5.74, 6) is -3.00. The molecule has 11 heteroatoms. The van der Waals surface area contributed by atoms with Gasteiger partial charge in [-0.05, 0) is 48.5 Å². The van der Waals surface area contributed by atoms with Crippen LogP contribution in [0.15, 0.2) is 83.1 Å². The Balaban J connectivity index is 1.23. The summed E-state index contributed by atoms with van der Waals surface area (Å²) < 4.78 is 32.6. The summed E-state index contributed by atoms with van der Waals surface area (Å²) in [5, 5.41) is 11.4. The number of amides is 3. The van der Waals surface area contributed by atoms with Gasteiger partial charge in [-0.25, -0.2) is 13.7 Å². The van der Waals surface area contributed by atoms with Crippen molar-refractivity contribution in [3.05, 3.63) is 84.4 Å². The van der Waals surface area contributed by atoms with Gasteiger partial charge in [0.1, 0.15) is 18.0 Å². The van der Waals surface area contributed by atoms with Crippen LogP contribution in [-0.2, 0) is 14.4 Å². The monoisotopic (exact) mass is 477 g/mol. The second kappa shape index (κ2) is 8.93. The fourth-order valence-corrected chi connectivity index (χ4v) is 3.81. The molecule has 2 atom stereocenters. The largest absolute Gasteiger partial charge is 0.457 e. The summed E-state index contributed by atoms with van der Waals surface area (Å²) in [7, 11) is 0. The Bertz CT molecular complexity index is 1330. The predicted molar refractivity (Wildman–Crippen MR) is 120 cm³/mol. The lowest BCUT2D eigenvalue weighted by molar-refractivity contribution is -0.123. The average Bonchev–Trinajstić information content (AvgIpc) is 3.37. The molecule has 35 heavy (non-hydrogen) atoms. The van der Waals surface area contributed by atoms with E-state index in [1.807, 2.05) is 30.3 Å². The number of carbonyl (C=O) groups is 3. The number of benzene rings is 3. The molecule has 176 valence electrons. The lowest BCUT2D eigenvalue weighted by atomic mass is 10.1. The Labute approximate surface area is 197 Å². The third-order valence-electron chi connectivity index (χ3n) is 5.44. The van der Waals surface area contributed by atoms with Crippen LogP contribution in [0.25, 0.3) is 0 Å². The minimum Gasteiger partial charge on any atom is -0.457 e. The second-order valence-corrected chi connectivity index (χ2v) is 7.79. The number of hydrogen-bond donors (Lipinski definition) is 1. The molecule has 3 aromatic carbocycles. The van der Waals surface area contributed by atoms with Gasteiger partial charge in [-0.2, -0.15) is 5.11 Å². The highest BCUT2D eigenvalue weighted by Gasteiger charge is 2.55. The van der Waals surface area contributed by atoms with E-state index in [0.717, 1.165) is 28.1 Å². The maximum Gasteiger partial charge on any atom is 0.263 e. The standard InChI is InChI=1S/C24H17F2N5O4/c25-18-11-8-15(12-19(18)26)31-23(33)21-22(24(31)34)30(29-28-21)13-20(32)27-14-6-9-17(10-7-14)35-16-4-2-1-3-5-16/h1-12,21-22H,13H2,(H,27,32)/t21-,22+/m0/s1. The Morgan fingerprint density at radius 3 is 2.34 bits per heavy atom. The Morgan fingerprint density at radius 1 is 0.914 bits per heavy atom. The number of halogens is 2. The third kappa shape index (κ3) is 4.31. The van der Waals surface area contributed by atoms with Gasteiger partial charge in [0.25, 0.3) is 11.8 Å². The molecule has 3 amide bonds. The Morgan fingerprint density at radius 2 is 1.63 bits per heavy atom. The van der Waals surface area contributed by atoms with Crippen LogP contribution in [0.4, 0.5) is 20.2 Å². The van der Waals surface area contributed by atoms with Gasteiger partial charge in [-0.15, -0.1) is 0 Å². The Kier molecular flexibility index (Phi) is 5.65. The van der Waals surface area contributed by atoms with Crippen LogP contribution < -0.4 is 15.0 Å². The summed E-state index contributed by atoms with van der Waals surface area (Å²) >= 11 is 0. The number of anilines is 2. The Hall–Kier alpha value is -4.67. The number of rotatable bonds is 6. The number of imide groups is 1. The van der Waals surface area contributed by atoms with E-state index in [0.29, 0.717) is 17.2 Å². The topological polar surface area (TPSA) is 104 Å². The lowest BCUT2D eigenvalue weighted by Gasteiger charge is -2.20. The minimum absolute atomic E-state index is 0.120. The molecule has 9 nitrogen and oxygen atoms in total. The molecule has 2 aliphatic rings. The number of carbonyl (C=O) groups excluding carboxylic acids is 3. The van der Waals surface area contributed by atoms with Gasteiger partial charge in [0.2, 0.25) is 5.91 Å². The number of nitrogens with one attached hydrogen (secondary N) is 1. The highest BCUT2D eigenvalue weighted by Crippen LogP contribution is 2.32. The molecule has 0 unspecified atom stereocenters. The van der Waals surface area contributed by atoms with Crippen LogP contribution in [0.3, 0.4) is 0 Å². The maximum absolute atomic E-state index is 13.6. The van der Waals surface area contributed by atoms with Crippen LogP contribution in [0, 0.1) is 11.6 Å². The van der Waals surface area contributed by atoms with Crippen LogP contribution in [-0.4, -0.2) is 41.4 Å². The molecule has 0 aromatic heterocycles. The van der Waals surface area contributed by atoms with Gasteiger partial charge < -0.3 is 10.1 Å². The van der Waals surface area contributed by atoms with Crippen LogP contribution in [0.5, 0.6) is 11.5 Å². The summed E-state index contributed by atoms with van der Waals surface area (Å²) in [6.07, 6.45) is 0. The molecule has 3 aromatic rings. The van der Waals surface area contributed by atoms with Crippen molar-refractivity contribution in [2.24, 2.45) is 10.3 Å². The quantitative estimate of drug-likeness (QED) is 0.546. The maximum atomic E-state index is 13.6. The van der Waals surface area contributed by atoms with Crippen LogP contribution in [0.2, 0.25) is 0 Å². The van der Waals surface area contributed by atoms with Crippen molar-refractivity contribution >= 4 is 29.1 Å². The molecule has 5 rings (SSSR count). The molecule has 1 fully saturated rings. The molecule has 0 saturated carbocycles. The van der Waals surface area contributed by atoms with Gasteiger partial charge in [0.15, 0.2) is 23.7 Å². The minimum atomic E-state index is -1.20. The van der Waals surface area contributed by atoms with E-state index < -0.39 is 41.4 Å². The smallest absolute Gasteiger partial charge is 0.263 e. The van der Waals surface area contributed by atoms with E-state index in [2.05, 4.69) is 15.7 Å². The van der Waals surface area contributed by atoms with Crippen molar-refractivity contribution in [2.75, 3.05) is 16.8 Å². The zero-order chi connectivity index (χ0) is 24.5. The van der Waals surface area contributed by atoms with Gasteiger partial charge in [0.05, 0.1) is 5.69 Å². The molecule has 0 aliphatic carbocycles. The highest BCUT2D eigenvalue weighted by atomic mass is 19.2. The van der Waals surface area contributed by atoms with Crippen molar-refractivity contribution in [1.82, 2.24) is 5.01 Å². The zero-order valence-corrected chi connectivity index (χ0v) is 18.0. The number of hydrogen-bond acceptors (Lipinski definition) is 7. The van der Waals surface area contributed by atoms with Crippen molar-refractivity contribution in [2.45, 2.75) is 12.1 Å². The number of fused-ring (bicyclic) bond motifs is 1. The highest BCUT2D eigenvalue weighted by molar-refractivity contribution is 6.25. The summed E-state index contributed by atoms with van der Waals surface area (Å²) in [6, 6.07) is 16.3. The van der Waals surface area contributed by atoms with Crippen molar-refractivity contribution in [3.8, 4) is 11.5 Å². The molecule has 0 bridgehead atoms. The van der Waals surface area contributed by atoms with E-state index >= 15 is 0 Å². The first kappa shape index (κ1) is 22.1. The van der Waals surface area contributed by atoms with E-state index in [1.165, 1.54) is 0 Å². The fraction of sp³-hybridized carbons (Fsp3) is 0.125. The van der Waals surface area contributed by atoms with Gasteiger partial charge in [0, 0.05) is 11.8 Å². The number of nitrogens with zero attached hydrogens (tertiary/aromatic N) is 4. The van der Waals surface area contributed by atoms with Crippen molar-refractivity contribution < 1.29 is 27.9 Å². The summed E-state index contributed by atoms with van der Waals surface area (Å²) in [4.78, 5) is 38.9. The van der Waals surface area contributed by atoms with E-state index in [-0.39, 0.29) is 12.2 Å². The first-order valence-electron chi connectivity index (χ1n) is 10.5. The third-order valence-corrected chi connectivity index (χ3v) is 5.44. The molecular formula is C24H17F2N5O4. The predicted octanol–water partition coefficient (Wildman–Crippen LogP) is 3.69. The SMILES string of the molecule is O=C(CN1N=N[C@@H]2C(=O)N(c3ccc(F)c(F)c3)C(=O)[C@@H]21)Nc1ccc(Oc2ccccc2)cc1. The van der Waals surface area contributed by atoms with E-state index in [4.69, 9.17) is 4.74 Å². The first-order chi connectivity index (χ1) is 16.9. The first-order valence-corrected chi connectivity index (χ1v) is 10.5.